The summed E-state index contributed by atoms with van der Waals surface area (Å²) in [6.45, 7) is 7.02. The predicted molar refractivity (Wildman–Crippen MR) is 79.1 cm³/mol. The number of primary sulfonamides is 1. The number of hydrogen-bond acceptors (Lipinski definition) is 5. The molecular weight excluding hydrogens is 292 g/mol. The molecule has 7 heteroatoms. The van der Waals surface area contributed by atoms with E-state index in [1.165, 1.54) is 12.1 Å². The number of ether oxygens (including phenoxy) is 2. The molecular formula is C14H22N2O4S. The van der Waals surface area contributed by atoms with Crippen LogP contribution in [-0.4, -0.2) is 33.5 Å². The van der Waals surface area contributed by atoms with Crippen molar-refractivity contribution in [2.24, 2.45) is 5.14 Å². The Kier molecular flexibility index (Phi) is 4.69. The number of benzene rings is 1. The molecule has 0 radical (unpaired) electrons. The van der Waals surface area contributed by atoms with Crippen LogP contribution in [0.4, 0.5) is 0 Å². The highest BCUT2D eigenvalue weighted by Gasteiger charge is 2.32. The topological polar surface area (TPSA) is 90.7 Å². The first-order valence-corrected chi connectivity index (χ1v) is 8.40. The molecule has 2 rings (SSSR count). The highest BCUT2D eigenvalue weighted by molar-refractivity contribution is 7.89. The summed E-state index contributed by atoms with van der Waals surface area (Å²) in [6, 6.07) is 6.62. The molecule has 1 aromatic carbocycles. The molecule has 0 bridgehead atoms. The van der Waals surface area contributed by atoms with Gasteiger partial charge in [-0.25, -0.2) is 13.6 Å². The highest BCUT2D eigenvalue weighted by Crippen LogP contribution is 2.22. The minimum Gasteiger partial charge on any atom is -0.348 e. The first-order valence-electron chi connectivity index (χ1n) is 6.85. The van der Waals surface area contributed by atoms with E-state index in [2.05, 4.69) is 5.32 Å². The summed E-state index contributed by atoms with van der Waals surface area (Å²) in [5, 5.41) is 8.43. The van der Waals surface area contributed by atoms with Gasteiger partial charge in [-0.05, 0) is 38.5 Å². The Labute approximate surface area is 125 Å². The van der Waals surface area contributed by atoms with Crippen molar-refractivity contribution in [1.29, 1.82) is 0 Å². The second-order valence-electron chi connectivity index (χ2n) is 5.69. The lowest BCUT2D eigenvalue weighted by atomic mass is 10.1. The Balaban J connectivity index is 1.90. The number of rotatable bonds is 5. The van der Waals surface area contributed by atoms with Crippen LogP contribution >= 0.6 is 0 Å². The van der Waals surface area contributed by atoms with E-state index in [0.717, 1.165) is 5.56 Å². The quantitative estimate of drug-likeness (QED) is 0.850. The molecule has 1 aromatic rings. The van der Waals surface area contributed by atoms with Gasteiger partial charge in [0, 0.05) is 12.6 Å². The van der Waals surface area contributed by atoms with Crippen LogP contribution < -0.4 is 10.5 Å². The lowest BCUT2D eigenvalue weighted by molar-refractivity contribution is -0.137. The van der Waals surface area contributed by atoms with E-state index < -0.39 is 15.8 Å². The van der Waals surface area contributed by atoms with E-state index in [9.17, 15) is 8.42 Å². The molecule has 0 amide bonds. The fourth-order valence-electron chi connectivity index (χ4n) is 2.24. The average Bonchev–Trinajstić information content (AvgIpc) is 2.75. The zero-order chi connectivity index (χ0) is 15.7. The lowest BCUT2D eigenvalue weighted by Gasteiger charge is -2.19. The summed E-state index contributed by atoms with van der Waals surface area (Å²) in [4.78, 5) is 0.118. The third kappa shape index (κ3) is 4.49. The summed E-state index contributed by atoms with van der Waals surface area (Å²) < 4.78 is 33.6. The van der Waals surface area contributed by atoms with Crippen LogP contribution in [0.3, 0.4) is 0 Å². The normalized spacial score (nSPS) is 23.1. The SMILES string of the molecule is CC(NCC1COC(C)(C)O1)c1ccc(S(N)(=O)=O)cc1. The van der Waals surface area contributed by atoms with Gasteiger partial charge in [-0.3, -0.25) is 0 Å². The summed E-state index contributed by atoms with van der Waals surface area (Å²) in [7, 11) is -3.64. The van der Waals surface area contributed by atoms with Crippen molar-refractivity contribution < 1.29 is 17.9 Å². The maximum absolute atomic E-state index is 11.2. The summed E-state index contributed by atoms with van der Waals surface area (Å²) in [5.41, 5.74) is 0.987. The van der Waals surface area contributed by atoms with Gasteiger partial charge in [-0.2, -0.15) is 0 Å². The van der Waals surface area contributed by atoms with Crippen LogP contribution in [0.25, 0.3) is 0 Å². The smallest absolute Gasteiger partial charge is 0.238 e. The fourth-order valence-corrected chi connectivity index (χ4v) is 2.75. The molecule has 1 fully saturated rings. The van der Waals surface area contributed by atoms with Crippen LogP contribution in [0.15, 0.2) is 29.2 Å². The molecule has 2 atom stereocenters. The van der Waals surface area contributed by atoms with Crippen molar-refractivity contribution in [3.05, 3.63) is 29.8 Å². The van der Waals surface area contributed by atoms with Crippen molar-refractivity contribution in [3.63, 3.8) is 0 Å². The molecule has 1 heterocycles. The first kappa shape index (κ1) is 16.4. The van der Waals surface area contributed by atoms with Gasteiger partial charge in [-0.1, -0.05) is 12.1 Å². The molecule has 0 aromatic heterocycles. The highest BCUT2D eigenvalue weighted by atomic mass is 32.2. The third-order valence-corrected chi connectivity index (χ3v) is 4.36. The zero-order valence-corrected chi connectivity index (χ0v) is 13.3. The van der Waals surface area contributed by atoms with Crippen LogP contribution in [0, 0.1) is 0 Å². The van der Waals surface area contributed by atoms with E-state index >= 15 is 0 Å². The van der Waals surface area contributed by atoms with Gasteiger partial charge < -0.3 is 14.8 Å². The Morgan fingerprint density at radius 1 is 1.38 bits per heavy atom. The Hall–Kier alpha value is -0.990. The predicted octanol–water partition coefficient (Wildman–Crippen LogP) is 1.14. The van der Waals surface area contributed by atoms with Crippen molar-refractivity contribution in [2.75, 3.05) is 13.2 Å². The Morgan fingerprint density at radius 3 is 2.48 bits per heavy atom. The zero-order valence-electron chi connectivity index (χ0n) is 12.5. The Morgan fingerprint density at radius 2 is 2.00 bits per heavy atom. The monoisotopic (exact) mass is 314 g/mol. The van der Waals surface area contributed by atoms with E-state index in [4.69, 9.17) is 14.6 Å². The van der Waals surface area contributed by atoms with Gasteiger partial charge in [0.15, 0.2) is 5.79 Å². The summed E-state index contributed by atoms with van der Waals surface area (Å²) in [6.07, 6.45) is 0.0196. The van der Waals surface area contributed by atoms with Gasteiger partial charge in [0.1, 0.15) is 0 Å². The molecule has 118 valence electrons. The number of nitrogens with two attached hydrogens (primary N) is 1. The van der Waals surface area contributed by atoms with Crippen molar-refractivity contribution in [3.8, 4) is 0 Å². The van der Waals surface area contributed by atoms with E-state index in [-0.39, 0.29) is 17.0 Å². The van der Waals surface area contributed by atoms with Gasteiger partial charge in [0.05, 0.1) is 17.6 Å². The maximum Gasteiger partial charge on any atom is 0.238 e. The summed E-state index contributed by atoms with van der Waals surface area (Å²) >= 11 is 0. The molecule has 1 saturated heterocycles. The molecule has 2 unspecified atom stereocenters. The molecule has 0 saturated carbocycles. The molecule has 6 nitrogen and oxygen atoms in total. The maximum atomic E-state index is 11.2. The molecule has 1 aliphatic heterocycles. The van der Waals surface area contributed by atoms with E-state index in [1.807, 2.05) is 20.8 Å². The number of nitrogens with one attached hydrogen (secondary N) is 1. The van der Waals surface area contributed by atoms with Crippen LogP contribution in [0.1, 0.15) is 32.4 Å². The third-order valence-electron chi connectivity index (χ3n) is 3.43. The van der Waals surface area contributed by atoms with Gasteiger partial charge >= 0.3 is 0 Å². The van der Waals surface area contributed by atoms with Crippen molar-refractivity contribution >= 4 is 10.0 Å². The fraction of sp³-hybridized carbons (Fsp3) is 0.571. The molecule has 0 spiro atoms. The number of hydrogen-bond donors (Lipinski definition) is 2. The second-order valence-corrected chi connectivity index (χ2v) is 7.26. The first-order chi connectivity index (χ1) is 9.67. The van der Waals surface area contributed by atoms with Gasteiger partial charge in [0.25, 0.3) is 0 Å². The average molecular weight is 314 g/mol. The minimum absolute atomic E-state index is 0.0196. The van der Waals surface area contributed by atoms with Crippen molar-refractivity contribution in [2.45, 2.75) is 43.6 Å². The molecule has 0 aliphatic carbocycles. The van der Waals surface area contributed by atoms with E-state index in [1.54, 1.807) is 12.1 Å². The lowest BCUT2D eigenvalue weighted by Crippen LogP contribution is -2.32. The Bertz CT molecular complexity index is 583. The second kappa shape index (κ2) is 6.02. The number of sulfonamides is 1. The minimum atomic E-state index is -3.64. The van der Waals surface area contributed by atoms with Crippen molar-refractivity contribution in [1.82, 2.24) is 5.32 Å². The van der Waals surface area contributed by atoms with Crippen LogP contribution in [-0.2, 0) is 19.5 Å². The van der Waals surface area contributed by atoms with E-state index in [0.29, 0.717) is 13.2 Å². The largest absolute Gasteiger partial charge is 0.348 e. The summed E-state index contributed by atoms with van der Waals surface area (Å²) in [5.74, 6) is -0.521. The molecule has 1 aliphatic rings. The van der Waals surface area contributed by atoms with Crippen LogP contribution in [0.5, 0.6) is 0 Å². The van der Waals surface area contributed by atoms with Crippen LogP contribution in [0.2, 0.25) is 0 Å². The molecule has 21 heavy (non-hydrogen) atoms. The standard InChI is InChI=1S/C14H22N2O4S/c1-10(16-8-12-9-19-14(2,3)20-12)11-4-6-13(7-5-11)21(15,17)18/h4-7,10,12,16H,8-9H2,1-3H3,(H2,15,17,18). The molecule has 3 N–H and O–H groups in total. The van der Waals surface area contributed by atoms with Gasteiger partial charge in [0.2, 0.25) is 10.0 Å². The van der Waals surface area contributed by atoms with Gasteiger partial charge in [-0.15, -0.1) is 0 Å².